The molecule has 2 fully saturated rings. The predicted molar refractivity (Wildman–Crippen MR) is 102 cm³/mol. The second kappa shape index (κ2) is 6.91. The van der Waals surface area contributed by atoms with Gasteiger partial charge in [0, 0.05) is 32.1 Å². The molecule has 8 heteroatoms. The van der Waals surface area contributed by atoms with E-state index in [2.05, 4.69) is 5.10 Å². The number of aromatic nitrogens is 3. The molecule has 146 valence electrons. The van der Waals surface area contributed by atoms with Gasteiger partial charge in [0.15, 0.2) is 0 Å². The Bertz CT molecular complexity index is 979. The van der Waals surface area contributed by atoms with Crippen LogP contribution in [-0.2, 0) is 23.5 Å². The third-order valence-corrected chi connectivity index (χ3v) is 7.60. The van der Waals surface area contributed by atoms with Crippen LogP contribution in [0.1, 0.15) is 56.0 Å². The normalized spacial score (nSPS) is 19.5. The number of nitrogens with zero attached hydrogens (tertiary/aromatic N) is 4. The van der Waals surface area contributed by atoms with Crippen molar-refractivity contribution < 1.29 is 8.42 Å². The molecule has 2 aliphatic rings. The Morgan fingerprint density at radius 3 is 2.26 bits per heavy atom. The molecule has 2 heterocycles. The van der Waals surface area contributed by atoms with E-state index in [4.69, 9.17) is 0 Å². The number of rotatable bonds is 5. The molecule has 1 saturated heterocycles. The Labute approximate surface area is 159 Å². The molecule has 1 aliphatic heterocycles. The van der Waals surface area contributed by atoms with Gasteiger partial charge in [-0.15, -0.1) is 0 Å². The van der Waals surface area contributed by atoms with E-state index in [1.165, 1.54) is 4.68 Å². The van der Waals surface area contributed by atoms with E-state index in [1.54, 1.807) is 23.5 Å². The number of sulfonamides is 1. The van der Waals surface area contributed by atoms with Crippen LogP contribution in [0.3, 0.4) is 0 Å². The molecular weight excluding hydrogens is 364 g/mol. The summed E-state index contributed by atoms with van der Waals surface area (Å²) < 4.78 is 30.7. The van der Waals surface area contributed by atoms with Gasteiger partial charge in [-0.2, -0.15) is 9.40 Å². The monoisotopic (exact) mass is 390 g/mol. The first kappa shape index (κ1) is 18.4. The molecule has 0 radical (unpaired) electrons. The Morgan fingerprint density at radius 2 is 1.70 bits per heavy atom. The summed E-state index contributed by atoms with van der Waals surface area (Å²) in [6.45, 7) is 2.96. The highest BCUT2D eigenvalue weighted by Gasteiger charge is 2.35. The van der Waals surface area contributed by atoms with Gasteiger partial charge < -0.3 is 0 Å². The fourth-order valence-corrected chi connectivity index (χ4v) is 5.32. The molecule has 0 N–H and O–H groups in total. The Kier molecular flexibility index (Phi) is 4.71. The third kappa shape index (κ3) is 3.36. The molecule has 1 saturated carbocycles. The fourth-order valence-electron chi connectivity index (χ4n) is 3.85. The van der Waals surface area contributed by atoms with Gasteiger partial charge in [-0.05, 0) is 49.8 Å². The maximum atomic E-state index is 12.9. The highest BCUT2D eigenvalue weighted by atomic mass is 32.2. The van der Waals surface area contributed by atoms with Crippen LogP contribution < -0.4 is 5.69 Å². The van der Waals surface area contributed by atoms with Crippen LogP contribution in [0.2, 0.25) is 0 Å². The molecule has 2 aromatic rings. The van der Waals surface area contributed by atoms with Crippen LogP contribution >= 0.6 is 0 Å². The van der Waals surface area contributed by atoms with E-state index in [9.17, 15) is 13.2 Å². The van der Waals surface area contributed by atoms with Crippen LogP contribution in [-0.4, -0.2) is 40.2 Å². The van der Waals surface area contributed by atoms with Gasteiger partial charge in [0.25, 0.3) is 0 Å². The summed E-state index contributed by atoms with van der Waals surface area (Å²) in [6.07, 6.45) is 4.32. The van der Waals surface area contributed by atoms with Crippen LogP contribution in [0.4, 0.5) is 0 Å². The summed E-state index contributed by atoms with van der Waals surface area (Å²) in [5.41, 5.74) is 1.07. The first-order valence-electron chi connectivity index (χ1n) is 9.66. The molecule has 0 unspecified atom stereocenters. The minimum absolute atomic E-state index is 0.0569. The summed E-state index contributed by atoms with van der Waals surface area (Å²) in [7, 11) is -1.79. The first-order chi connectivity index (χ1) is 12.9. The average Bonchev–Trinajstić information content (AvgIpc) is 3.48. The van der Waals surface area contributed by atoms with Gasteiger partial charge >= 0.3 is 5.69 Å². The molecule has 0 spiro atoms. The molecule has 27 heavy (non-hydrogen) atoms. The van der Waals surface area contributed by atoms with Crippen molar-refractivity contribution in [2.45, 2.75) is 55.9 Å². The zero-order chi connectivity index (χ0) is 19.2. The summed E-state index contributed by atoms with van der Waals surface area (Å²) in [4.78, 5) is 12.7. The lowest BCUT2D eigenvalue weighted by Crippen LogP contribution is -2.38. The quantitative estimate of drug-likeness (QED) is 0.783. The van der Waals surface area contributed by atoms with E-state index < -0.39 is 10.0 Å². The summed E-state index contributed by atoms with van der Waals surface area (Å²) in [6, 6.07) is 7.43. The predicted octanol–water partition coefficient (Wildman–Crippen LogP) is 2.05. The number of hydrogen-bond donors (Lipinski definition) is 0. The zero-order valence-electron chi connectivity index (χ0n) is 15.8. The minimum Gasteiger partial charge on any atom is -0.276 e. The Hall–Kier alpha value is -1.93. The van der Waals surface area contributed by atoms with Crippen molar-refractivity contribution >= 4 is 10.0 Å². The van der Waals surface area contributed by atoms with E-state index in [0.29, 0.717) is 30.8 Å². The lowest BCUT2D eigenvalue weighted by molar-refractivity contribution is 0.308. The van der Waals surface area contributed by atoms with Crippen molar-refractivity contribution in [1.29, 1.82) is 0 Å². The van der Waals surface area contributed by atoms with Gasteiger partial charge in [-0.3, -0.25) is 4.57 Å². The second-order valence-corrected chi connectivity index (χ2v) is 9.48. The third-order valence-electron chi connectivity index (χ3n) is 5.68. The van der Waals surface area contributed by atoms with Gasteiger partial charge in [-0.25, -0.2) is 17.9 Å². The SMILES string of the molecule is CCc1ccc(S(=O)(=O)N2CCC(c3nn(C)c(=O)n3C3CC3)CC2)cc1. The maximum absolute atomic E-state index is 12.9. The van der Waals surface area contributed by atoms with E-state index in [0.717, 1.165) is 30.7 Å². The number of hydrogen-bond acceptors (Lipinski definition) is 4. The molecule has 1 aliphatic carbocycles. The molecular formula is C19H26N4O3S. The van der Waals surface area contributed by atoms with Crippen molar-refractivity contribution in [3.05, 3.63) is 46.1 Å². The second-order valence-electron chi connectivity index (χ2n) is 7.54. The van der Waals surface area contributed by atoms with Gasteiger partial charge in [0.05, 0.1) is 4.90 Å². The molecule has 1 aromatic heterocycles. The highest BCUT2D eigenvalue weighted by molar-refractivity contribution is 7.89. The van der Waals surface area contributed by atoms with Crippen LogP contribution in [0.25, 0.3) is 0 Å². The lowest BCUT2D eigenvalue weighted by atomic mass is 9.97. The summed E-state index contributed by atoms with van der Waals surface area (Å²) in [5.74, 6) is 0.961. The van der Waals surface area contributed by atoms with Crippen LogP contribution in [0.15, 0.2) is 34.0 Å². The fraction of sp³-hybridized carbons (Fsp3) is 0.579. The molecule has 1 aromatic carbocycles. The molecule has 4 rings (SSSR count). The minimum atomic E-state index is -3.47. The zero-order valence-corrected chi connectivity index (χ0v) is 16.7. The lowest BCUT2D eigenvalue weighted by Gasteiger charge is -2.30. The van der Waals surface area contributed by atoms with Crippen molar-refractivity contribution in [1.82, 2.24) is 18.7 Å². The maximum Gasteiger partial charge on any atom is 0.345 e. The number of benzene rings is 1. The van der Waals surface area contributed by atoms with Gasteiger partial charge in [-0.1, -0.05) is 19.1 Å². The topological polar surface area (TPSA) is 77.2 Å². The first-order valence-corrected chi connectivity index (χ1v) is 11.1. The molecule has 7 nitrogen and oxygen atoms in total. The van der Waals surface area contributed by atoms with Crippen molar-refractivity contribution in [2.75, 3.05) is 13.1 Å². The summed E-state index contributed by atoms with van der Waals surface area (Å²) in [5, 5.41) is 4.46. The largest absolute Gasteiger partial charge is 0.345 e. The Balaban J connectivity index is 1.50. The van der Waals surface area contributed by atoms with Gasteiger partial charge in [0.2, 0.25) is 10.0 Å². The van der Waals surface area contributed by atoms with Crippen LogP contribution in [0, 0.1) is 0 Å². The van der Waals surface area contributed by atoms with Crippen molar-refractivity contribution in [3.63, 3.8) is 0 Å². The van der Waals surface area contributed by atoms with Crippen molar-refractivity contribution in [3.8, 4) is 0 Å². The molecule has 0 amide bonds. The van der Waals surface area contributed by atoms with Crippen LogP contribution in [0.5, 0.6) is 0 Å². The Morgan fingerprint density at radius 1 is 1.07 bits per heavy atom. The van der Waals surface area contributed by atoms with E-state index in [1.807, 2.05) is 23.6 Å². The average molecular weight is 391 g/mol. The van der Waals surface area contributed by atoms with E-state index >= 15 is 0 Å². The summed E-state index contributed by atoms with van der Waals surface area (Å²) >= 11 is 0. The smallest absolute Gasteiger partial charge is 0.276 e. The number of aryl methyl sites for hydroxylation is 2. The molecule has 0 bridgehead atoms. The van der Waals surface area contributed by atoms with E-state index in [-0.39, 0.29) is 17.6 Å². The standard InChI is InChI=1S/C19H26N4O3S/c1-3-14-4-8-17(9-5-14)27(25,26)22-12-10-15(11-13-22)18-20-21(2)19(24)23(18)16-6-7-16/h4-5,8-9,15-16H,3,6-7,10-13H2,1-2H3. The van der Waals surface area contributed by atoms with Gasteiger partial charge in [0.1, 0.15) is 5.82 Å². The molecule has 0 atom stereocenters. The highest BCUT2D eigenvalue weighted by Crippen LogP contribution is 2.38. The number of piperidine rings is 1. The van der Waals surface area contributed by atoms with Crippen molar-refractivity contribution in [2.24, 2.45) is 7.05 Å².